The van der Waals surface area contributed by atoms with Gasteiger partial charge in [-0.15, -0.1) is 0 Å². The number of nitrogens with zero attached hydrogens (tertiary/aromatic N) is 1. The van der Waals surface area contributed by atoms with Gasteiger partial charge in [0.25, 0.3) is 0 Å². The van der Waals surface area contributed by atoms with Crippen molar-refractivity contribution in [1.82, 2.24) is 0 Å². The van der Waals surface area contributed by atoms with Crippen LogP contribution in [0.4, 0.5) is 17.1 Å². The van der Waals surface area contributed by atoms with Crippen molar-refractivity contribution < 1.29 is 4.42 Å². The number of hydrogen-bond acceptors (Lipinski definition) is 2. The molecule has 0 aliphatic heterocycles. The van der Waals surface area contributed by atoms with Crippen molar-refractivity contribution >= 4 is 60.5 Å². The van der Waals surface area contributed by atoms with Crippen molar-refractivity contribution in [2.45, 2.75) is 0 Å². The highest BCUT2D eigenvalue weighted by molar-refractivity contribution is 6.19. The summed E-state index contributed by atoms with van der Waals surface area (Å²) in [5, 5.41) is 7.26. The fraction of sp³-hybridized carbons (Fsp3) is 0. The lowest BCUT2D eigenvalue weighted by molar-refractivity contribution is 0.669. The van der Waals surface area contributed by atoms with Crippen molar-refractivity contribution in [3.63, 3.8) is 0 Å². The Bertz CT molecular complexity index is 3250. The highest BCUT2D eigenvalue weighted by atomic mass is 16.3. The summed E-state index contributed by atoms with van der Waals surface area (Å²) in [4.78, 5) is 2.35. The lowest BCUT2D eigenvalue weighted by Crippen LogP contribution is -2.10. The number of hydrogen-bond donors (Lipinski definition) is 0. The smallest absolute Gasteiger partial charge is 0.136 e. The Morgan fingerprint density at radius 1 is 0.259 bits per heavy atom. The van der Waals surface area contributed by atoms with Gasteiger partial charge in [0.05, 0.1) is 0 Å². The zero-order valence-electron chi connectivity index (χ0n) is 31.7. The quantitative estimate of drug-likeness (QED) is 0.162. The van der Waals surface area contributed by atoms with Gasteiger partial charge in [-0.2, -0.15) is 0 Å². The number of anilines is 3. The Morgan fingerprint density at radius 3 is 1.48 bits per heavy atom. The summed E-state index contributed by atoms with van der Waals surface area (Å²) in [6.45, 7) is 0. The van der Waals surface area contributed by atoms with Crippen LogP contribution in [0.2, 0.25) is 0 Å². The Morgan fingerprint density at radius 2 is 0.759 bits per heavy atom. The van der Waals surface area contributed by atoms with Crippen LogP contribution in [-0.2, 0) is 0 Å². The molecule has 0 spiro atoms. The Labute approximate surface area is 337 Å². The van der Waals surface area contributed by atoms with E-state index in [0.29, 0.717) is 0 Å². The molecule has 272 valence electrons. The van der Waals surface area contributed by atoms with Gasteiger partial charge >= 0.3 is 0 Å². The van der Waals surface area contributed by atoms with E-state index in [0.717, 1.165) is 33.6 Å². The first kappa shape index (κ1) is 33.6. The molecular weight excluding hydrogens is 703 g/mol. The highest BCUT2D eigenvalue weighted by Gasteiger charge is 2.15. The van der Waals surface area contributed by atoms with E-state index < -0.39 is 0 Å². The van der Waals surface area contributed by atoms with Gasteiger partial charge in [-0.3, -0.25) is 0 Å². The van der Waals surface area contributed by atoms with Crippen LogP contribution in [0.1, 0.15) is 0 Å². The van der Waals surface area contributed by atoms with Gasteiger partial charge in [0.15, 0.2) is 0 Å². The van der Waals surface area contributed by atoms with E-state index in [2.05, 4.69) is 217 Å². The van der Waals surface area contributed by atoms with Gasteiger partial charge in [0.2, 0.25) is 0 Å². The highest BCUT2D eigenvalue weighted by Crippen LogP contribution is 2.40. The van der Waals surface area contributed by atoms with E-state index in [1.807, 2.05) is 12.1 Å². The van der Waals surface area contributed by atoms with Crippen molar-refractivity contribution in [2.75, 3.05) is 4.90 Å². The molecule has 0 aliphatic rings. The lowest BCUT2D eigenvalue weighted by Gasteiger charge is -2.26. The molecule has 0 saturated carbocycles. The van der Waals surface area contributed by atoms with E-state index in [9.17, 15) is 0 Å². The summed E-state index contributed by atoms with van der Waals surface area (Å²) in [5.74, 6) is 0. The second kappa shape index (κ2) is 14.1. The molecule has 0 bridgehead atoms. The molecular formula is C56H37NO. The molecule has 0 aliphatic carbocycles. The topological polar surface area (TPSA) is 16.4 Å². The predicted octanol–water partition coefficient (Wildman–Crippen LogP) is 16.0. The average molecular weight is 740 g/mol. The molecule has 58 heavy (non-hydrogen) atoms. The molecule has 11 aromatic rings. The molecule has 0 saturated heterocycles. The van der Waals surface area contributed by atoms with Gasteiger partial charge in [-0.1, -0.05) is 164 Å². The van der Waals surface area contributed by atoms with E-state index in [4.69, 9.17) is 4.42 Å². The van der Waals surface area contributed by atoms with Crippen molar-refractivity contribution in [3.05, 3.63) is 224 Å². The molecule has 1 heterocycles. The minimum atomic E-state index is 0.925. The first-order valence-electron chi connectivity index (χ1n) is 19.8. The van der Waals surface area contributed by atoms with Crippen molar-refractivity contribution in [1.29, 1.82) is 0 Å². The van der Waals surface area contributed by atoms with Gasteiger partial charge in [0.1, 0.15) is 11.2 Å². The molecule has 0 fully saturated rings. The molecule has 10 aromatic carbocycles. The largest absolute Gasteiger partial charge is 0.456 e. The van der Waals surface area contributed by atoms with E-state index in [1.165, 1.54) is 71.4 Å². The number of fused-ring (bicyclic) bond motifs is 6. The van der Waals surface area contributed by atoms with Crippen molar-refractivity contribution in [3.8, 4) is 44.5 Å². The Kier molecular flexibility index (Phi) is 8.19. The van der Waals surface area contributed by atoms with Crippen LogP contribution in [0.5, 0.6) is 0 Å². The number of para-hydroxylation sites is 1. The normalized spacial score (nSPS) is 11.4. The maximum absolute atomic E-state index is 6.14. The first-order chi connectivity index (χ1) is 28.7. The predicted molar refractivity (Wildman–Crippen MR) is 245 cm³/mol. The van der Waals surface area contributed by atoms with Gasteiger partial charge in [-0.25, -0.2) is 0 Å². The molecule has 11 rings (SSSR count). The average Bonchev–Trinajstić information content (AvgIpc) is 3.69. The van der Waals surface area contributed by atoms with Gasteiger partial charge in [0, 0.05) is 27.8 Å². The van der Waals surface area contributed by atoms with Crippen molar-refractivity contribution in [2.24, 2.45) is 0 Å². The maximum Gasteiger partial charge on any atom is 0.136 e. The number of benzene rings is 10. The van der Waals surface area contributed by atoms with E-state index in [1.54, 1.807) is 0 Å². The number of rotatable bonds is 7. The van der Waals surface area contributed by atoms with Crippen LogP contribution in [0.15, 0.2) is 229 Å². The molecule has 2 heteroatoms. The maximum atomic E-state index is 6.14. The minimum absolute atomic E-state index is 0.925. The summed E-state index contributed by atoms with van der Waals surface area (Å²) >= 11 is 0. The molecule has 0 N–H and O–H groups in total. The van der Waals surface area contributed by atoms with Gasteiger partial charge in [-0.05, 0) is 127 Å². The molecule has 0 unspecified atom stereocenters. The summed E-state index contributed by atoms with van der Waals surface area (Å²) in [5.41, 5.74) is 14.7. The van der Waals surface area contributed by atoms with Crippen LogP contribution < -0.4 is 4.90 Å². The Hall–Kier alpha value is -7.68. The molecule has 0 radical (unpaired) electrons. The standard InChI is InChI=1S/C56H37NO/c1-2-9-38(10-3-1)45-13-8-14-51(37-45)57(50-31-25-43(26-32-50)46-22-21-39-11-4-5-12-44(39)35-46)49-29-23-41(24-30-49)40-17-19-42(20-18-40)47-27-33-52-48(36-47)28-34-55-56(52)53-15-6-7-16-54(53)58-55/h1-37H. The molecule has 0 atom stereocenters. The van der Waals surface area contributed by atoms with E-state index in [-0.39, 0.29) is 0 Å². The summed E-state index contributed by atoms with van der Waals surface area (Å²) in [7, 11) is 0. The zero-order chi connectivity index (χ0) is 38.4. The third-order valence-electron chi connectivity index (χ3n) is 11.5. The summed E-state index contributed by atoms with van der Waals surface area (Å²) in [6, 6.07) is 80.7. The van der Waals surface area contributed by atoms with E-state index >= 15 is 0 Å². The fourth-order valence-electron chi connectivity index (χ4n) is 8.47. The monoisotopic (exact) mass is 739 g/mol. The Balaban J connectivity index is 0.911. The van der Waals surface area contributed by atoms with Crippen LogP contribution >= 0.6 is 0 Å². The lowest BCUT2D eigenvalue weighted by atomic mass is 9.96. The number of furan rings is 1. The molecule has 2 nitrogen and oxygen atoms in total. The zero-order valence-corrected chi connectivity index (χ0v) is 31.7. The second-order valence-corrected chi connectivity index (χ2v) is 15.0. The summed E-state index contributed by atoms with van der Waals surface area (Å²) < 4.78 is 6.14. The van der Waals surface area contributed by atoms with Crippen LogP contribution in [-0.4, -0.2) is 0 Å². The SMILES string of the molecule is c1ccc(-c2cccc(N(c3ccc(-c4ccc(-c5ccc6c(ccc7oc8ccccc8c76)c5)cc4)cc3)c3ccc(-c4ccc5ccccc5c4)cc3)c2)cc1. The second-order valence-electron chi connectivity index (χ2n) is 15.0. The van der Waals surface area contributed by atoms with Gasteiger partial charge < -0.3 is 9.32 Å². The fourth-order valence-corrected chi connectivity index (χ4v) is 8.47. The first-order valence-corrected chi connectivity index (χ1v) is 19.8. The minimum Gasteiger partial charge on any atom is -0.456 e. The third kappa shape index (κ3) is 6.09. The third-order valence-corrected chi connectivity index (χ3v) is 11.5. The van der Waals surface area contributed by atoms with Crippen LogP contribution in [0.25, 0.3) is 88.0 Å². The molecule has 1 aromatic heterocycles. The summed E-state index contributed by atoms with van der Waals surface area (Å²) in [6.07, 6.45) is 0. The molecule has 0 amide bonds. The van der Waals surface area contributed by atoms with Crippen LogP contribution in [0, 0.1) is 0 Å². The van der Waals surface area contributed by atoms with Crippen LogP contribution in [0.3, 0.4) is 0 Å².